The molecule has 3 rings (SSSR count). The van der Waals surface area contributed by atoms with Gasteiger partial charge in [-0.05, 0) is 43.7 Å². The van der Waals surface area contributed by atoms with Crippen LogP contribution >= 0.6 is 0 Å². The van der Waals surface area contributed by atoms with E-state index in [0.29, 0.717) is 11.5 Å². The van der Waals surface area contributed by atoms with E-state index in [1.807, 2.05) is 0 Å². The lowest BCUT2D eigenvalue weighted by atomic mass is 10.1. The van der Waals surface area contributed by atoms with Crippen molar-refractivity contribution < 1.29 is 27.1 Å². The second-order valence-corrected chi connectivity index (χ2v) is 5.88. The normalized spacial score (nSPS) is 12.0. The number of carbonyl (C=O) groups excluding carboxylic acids is 1. The summed E-state index contributed by atoms with van der Waals surface area (Å²) in [6.07, 6.45) is -1.09. The van der Waals surface area contributed by atoms with Crippen molar-refractivity contribution in [1.82, 2.24) is 0 Å². The zero-order valence-electron chi connectivity index (χ0n) is 14.3. The molecule has 0 aliphatic heterocycles. The molecule has 3 aromatic rings. The maximum absolute atomic E-state index is 13.7. The maximum atomic E-state index is 13.7. The first-order valence-corrected chi connectivity index (χ1v) is 7.92. The Kier molecular flexibility index (Phi) is 4.89. The van der Waals surface area contributed by atoms with Gasteiger partial charge >= 0.3 is 5.63 Å². The van der Waals surface area contributed by atoms with Crippen LogP contribution in [0.1, 0.15) is 12.5 Å². The van der Waals surface area contributed by atoms with Crippen molar-refractivity contribution in [3.8, 4) is 5.75 Å². The lowest BCUT2D eigenvalue weighted by Crippen LogP contribution is -2.30. The van der Waals surface area contributed by atoms with E-state index in [4.69, 9.17) is 9.15 Å². The van der Waals surface area contributed by atoms with Crippen LogP contribution < -0.4 is 15.7 Å². The van der Waals surface area contributed by atoms with Crippen LogP contribution in [0.25, 0.3) is 11.0 Å². The van der Waals surface area contributed by atoms with Crippen LogP contribution in [0.5, 0.6) is 5.75 Å². The number of benzene rings is 2. The Morgan fingerprint density at radius 1 is 1.11 bits per heavy atom. The molecule has 2 aromatic carbocycles. The molecule has 0 saturated heterocycles. The predicted octanol–water partition coefficient (Wildman–Crippen LogP) is 3.92. The molecule has 0 saturated carbocycles. The molecule has 1 amide bonds. The first-order valence-electron chi connectivity index (χ1n) is 7.92. The van der Waals surface area contributed by atoms with E-state index < -0.39 is 40.8 Å². The van der Waals surface area contributed by atoms with Gasteiger partial charge in [0.05, 0.1) is 5.69 Å². The van der Waals surface area contributed by atoms with Gasteiger partial charge in [0, 0.05) is 17.5 Å². The summed E-state index contributed by atoms with van der Waals surface area (Å²) in [7, 11) is 0. The van der Waals surface area contributed by atoms with Crippen molar-refractivity contribution in [2.75, 3.05) is 5.32 Å². The minimum Gasteiger partial charge on any atom is -0.481 e. The molecule has 1 aromatic heterocycles. The van der Waals surface area contributed by atoms with E-state index in [1.165, 1.54) is 19.1 Å². The number of fused-ring (bicyclic) bond motifs is 1. The number of hydrogen-bond donors (Lipinski definition) is 1. The molecule has 0 fully saturated rings. The summed E-state index contributed by atoms with van der Waals surface area (Å²) in [5.74, 6) is -5.07. The van der Waals surface area contributed by atoms with Crippen molar-refractivity contribution in [2.45, 2.75) is 20.0 Å². The lowest BCUT2D eigenvalue weighted by Gasteiger charge is -2.15. The number of carbonyl (C=O) groups is 1. The summed E-state index contributed by atoms with van der Waals surface area (Å²) < 4.78 is 50.4. The minimum absolute atomic E-state index is 0.240. The average Bonchev–Trinajstić information content (AvgIpc) is 2.61. The SMILES string of the molecule is Cc1cc(=O)oc2cc(OC(C)C(=O)Nc3ccc(F)c(F)c3F)ccc12. The monoisotopic (exact) mass is 377 g/mol. The van der Waals surface area contributed by atoms with E-state index in [1.54, 1.807) is 19.1 Å². The smallest absolute Gasteiger partial charge is 0.336 e. The molecule has 140 valence electrons. The van der Waals surface area contributed by atoms with Crippen molar-refractivity contribution in [3.63, 3.8) is 0 Å². The lowest BCUT2D eigenvalue weighted by molar-refractivity contribution is -0.122. The summed E-state index contributed by atoms with van der Waals surface area (Å²) in [5.41, 5.74) is -0.00426. The van der Waals surface area contributed by atoms with Gasteiger partial charge in [-0.15, -0.1) is 0 Å². The molecule has 0 aliphatic carbocycles. The molecule has 0 spiro atoms. The number of nitrogens with one attached hydrogen (secondary N) is 1. The molecule has 5 nitrogen and oxygen atoms in total. The quantitative estimate of drug-likeness (QED) is 0.553. The number of ether oxygens (including phenoxy) is 1. The summed E-state index contributed by atoms with van der Waals surface area (Å²) in [5, 5.41) is 2.85. The number of hydrogen-bond acceptors (Lipinski definition) is 4. The molecular weight excluding hydrogens is 363 g/mol. The highest BCUT2D eigenvalue weighted by Crippen LogP contribution is 2.24. The number of halogens is 3. The first-order chi connectivity index (χ1) is 12.8. The third-order valence-electron chi connectivity index (χ3n) is 3.90. The van der Waals surface area contributed by atoms with E-state index in [9.17, 15) is 22.8 Å². The zero-order chi connectivity index (χ0) is 19.7. The van der Waals surface area contributed by atoms with Gasteiger partial charge in [-0.3, -0.25) is 4.79 Å². The standard InChI is InChI=1S/C19H14F3NO4/c1-9-7-16(24)27-15-8-11(3-4-12(9)15)26-10(2)19(25)23-14-6-5-13(20)17(21)18(14)22/h3-8,10H,1-2H3,(H,23,25). The Morgan fingerprint density at radius 3 is 2.59 bits per heavy atom. The summed E-state index contributed by atoms with van der Waals surface area (Å²) in [4.78, 5) is 23.6. The number of aryl methyl sites for hydroxylation is 1. The van der Waals surface area contributed by atoms with E-state index >= 15 is 0 Å². The highest BCUT2D eigenvalue weighted by molar-refractivity contribution is 5.94. The Balaban J connectivity index is 1.78. The summed E-state index contributed by atoms with van der Waals surface area (Å²) in [6, 6.07) is 7.67. The predicted molar refractivity (Wildman–Crippen MR) is 92.3 cm³/mol. The fourth-order valence-corrected chi connectivity index (χ4v) is 2.49. The number of anilines is 1. The Labute approximate surface area is 151 Å². The van der Waals surface area contributed by atoms with Crippen LogP contribution in [0.15, 0.2) is 45.6 Å². The van der Waals surface area contributed by atoms with Crippen LogP contribution in [0.3, 0.4) is 0 Å². The van der Waals surface area contributed by atoms with Crippen molar-refractivity contribution >= 4 is 22.6 Å². The Hall–Kier alpha value is -3.29. The van der Waals surface area contributed by atoms with E-state index in [-0.39, 0.29) is 11.3 Å². The number of rotatable bonds is 4. The van der Waals surface area contributed by atoms with Crippen LogP contribution in [0.4, 0.5) is 18.9 Å². The Morgan fingerprint density at radius 2 is 1.85 bits per heavy atom. The zero-order valence-corrected chi connectivity index (χ0v) is 14.3. The van der Waals surface area contributed by atoms with Gasteiger partial charge in [-0.25, -0.2) is 18.0 Å². The van der Waals surface area contributed by atoms with Gasteiger partial charge in [-0.1, -0.05) is 0 Å². The topological polar surface area (TPSA) is 68.5 Å². The second kappa shape index (κ2) is 7.14. The maximum Gasteiger partial charge on any atom is 0.336 e. The molecular formula is C19H14F3NO4. The van der Waals surface area contributed by atoms with Gasteiger partial charge in [0.1, 0.15) is 11.3 Å². The van der Waals surface area contributed by atoms with Crippen molar-refractivity contribution in [2.24, 2.45) is 0 Å². The summed E-state index contributed by atoms with van der Waals surface area (Å²) >= 11 is 0. The molecule has 0 radical (unpaired) electrons. The minimum atomic E-state index is -1.68. The first kappa shape index (κ1) is 18.5. The van der Waals surface area contributed by atoms with Crippen LogP contribution in [0, 0.1) is 24.4 Å². The molecule has 27 heavy (non-hydrogen) atoms. The molecule has 1 unspecified atom stereocenters. The number of amides is 1. The second-order valence-electron chi connectivity index (χ2n) is 5.88. The van der Waals surface area contributed by atoms with Crippen LogP contribution in [0.2, 0.25) is 0 Å². The highest BCUT2D eigenvalue weighted by Gasteiger charge is 2.20. The molecule has 8 heteroatoms. The van der Waals surface area contributed by atoms with Crippen LogP contribution in [-0.2, 0) is 4.79 Å². The molecule has 0 bridgehead atoms. The fraction of sp³-hybridized carbons (Fsp3) is 0.158. The fourth-order valence-electron chi connectivity index (χ4n) is 2.49. The third kappa shape index (κ3) is 3.79. The van der Waals surface area contributed by atoms with Gasteiger partial charge in [0.2, 0.25) is 0 Å². The Bertz CT molecular complexity index is 1090. The van der Waals surface area contributed by atoms with Gasteiger partial charge in [0.15, 0.2) is 23.6 Å². The van der Waals surface area contributed by atoms with Gasteiger partial charge in [0.25, 0.3) is 5.91 Å². The molecule has 1 heterocycles. The molecule has 1 atom stereocenters. The molecule has 0 aliphatic rings. The average molecular weight is 377 g/mol. The van der Waals surface area contributed by atoms with E-state index in [0.717, 1.165) is 11.6 Å². The van der Waals surface area contributed by atoms with Crippen molar-refractivity contribution in [1.29, 1.82) is 0 Å². The largest absolute Gasteiger partial charge is 0.481 e. The van der Waals surface area contributed by atoms with Gasteiger partial charge < -0.3 is 14.5 Å². The third-order valence-corrected chi connectivity index (χ3v) is 3.90. The highest BCUT2D eigenvalue weighted by atomic mass is 19.2. The summed E-state index contributed by atoms with van der Waals surface area (Å²) in [6.45, 7) is 3.15. The van der Waals surface area contributed by atoms with Crippen molar-refractivity contribution in [3.05, 3.63) is 69.8 Å². The van der Waals surface area contributed by atoms with Gasteiger partial charge in [-0.2, -0.15) is 0 Å². The van der Waals surface area contributed by atoms with Crippen LogP contribution in [-0.4, -0.2) is 12.0 Å². The molecule has 1 N–H and O–H groups in total. The van der Waals surface area contributed by atoms with E-state index in [2.05, 4.69) is 5.32 Å².